The Bertz CT molecular complexity index is 718. The molecular weight excluding hydrogens is 298 g/mol. The van der Waals surface area contributed by atoms with Crippen molar-refractivity contribution in [3.05, 3.63) is 41.5 Å². The zero-order valence-corrected chi connectivity index (χ0v) is 14.8. The van der Waals surface area contributed by atoms with Gasteiger partial charge < -0.3 is 9.47 Å². The van der Waals surface area contributed by atoms with Crippen LogP contribution in [0.3, 0.4) is 0 Å². The summed E-state index contributed by atoms with van der Waals surface area (Å²) in [5.74, 6) is 2.03. The van der Waals surface area contributed by atoms with Crippen molar-refractivity contribution >= 4 is 0 Å². The Hall–Kier alpha value is -1.75. The maximum atomic E-state index is 4.85. The molecule has 1 saturated heterocycles. The second-order valence-electron chi connectivity index (χ2n) is 7.47. The van der Waals surface area contributed by atoms with Crippen LogP contribution < -0.4 is 0 Å². The second kappa shape index (κ2) is 6.28. The van der Waals surface area contributed by atoms with Crippen molar-refractivity contribution in [2.75, 3.05) is 19.6 Å². The molecular formula is C19H27N5. The predicted octanol–water partition coefficient (Wildman–Crippen LogP) is 2.66. The molecule has 128 valence electrons. The molecule has 0 aromatic carbocycles. The lowest BCUT2D eigenvalue weighted by atomic mass is 9.77. The van der Waals surface area contributed by atoms with Crippen LogP contribution in [0.25, 0.3) is 0 Å². The van der Waals surface area contributed by atoms with E-state index in [2.05, 4.69) is 38.8 Å². The third-order valence-corrected chi connectivity index (χ3v) is 5.81. The number of hydrogen-bond acceptors (Lipinski definition) is 4. The van der Waals surface area contributed by atoms with E-state index in [4.69, 9.17) is 4.98 Å². The fourth-order valence-corrected chi connectivity index (χ4v) is 4.55. The fraction of sp³-hybridized carbons (Fsp3) is 0.632. The number of aromatic nitrogens is 4. The van der Waals surface area contributed by atoms with Crippen molar-refractivity contribution in [1.82, 2.24) is 24.4 Å². The average molecular weight is 325 g/mol. The van der Waals surface area contributed by atoms with Crippen molar-refractivity contribution in [3.8, 4) is 0 Å². The Labute approximate surface area is 144 Å². The molecule has 1 fully saturated rings. The van der Waals surface area contributed by atoms with Crippen LogP contribution in [0.5, 0.6) is 0 Å². The number of piperidine rings is 1. The van der Waals surface area contributed by atoms with E-state index in [1.165, 1.54) is 56.6 Å². The molecule has 5 heteroatoms. The van der Waals surface area contributed by atoms with E-state index in [0.29, 0.717) is 0 Å². The van der Waals surface area contributed by atoms with E-state index >= 15 is 0 Å². The molecule has 1 unspecified atom stereocenters. The first kappa shape index (κ1) is 15.8. The van der Waals surface area contributed by atoms with Gasteiger partial charge in [-0.2, -0.15) is 0 Å². The van der Waals surface area contributed by atoms with E-state index < -0.39 is 0 Å². The fourth-order valence-electron chi connectivity index (χ4n) is 4.55. The number of aryl methyl sites for hydroxylation is 4. The van der Waals surface area contributed by atoms with Gasteiger partial charge in [-0.3, -0.25) is 0 Å². The molecule has 1 atom stereocenters. The number of hydrogen-bond donors (Lipinski definition) is 0. The van der Waals surface area contributed by atoms with Gasteiger partial charge in [0.2, 0.25) is 0 Å². The first-order chi connectivity index (χ1) is 11.7. The van der Waals surface area contributed by atoms with Crippen molar-refractivity contribution in [3.63, 3.8) is 0 Å². The van der Waals surface area contributed by atoms with Gasteiger partial charge in [0.05, 0.1) is 5.69 Å². The smallest absolute Gasteiger partial charge is 0.125 e. The van der Waals surface area contributed by atoms with Crippen molar-refractivity contribution in [1.29, 1.82) is 0 Å². The molecule has 0 bridgehead atoms. The normalized spacial score (nSPS) is 23.8. The molecule has 2 aromatic rings. The first-order valence-corrected chi connectivity index (χ1v) is 9.19. The minimum atomic E-state index is 0.284. The SMILES string of the molecule is Cc1ncc2c(n1)C1(CCCN(CCCn3ccnc3C)C1)CC2. The van der Waals surface area contributed by atoms with E-state index in [1.54, 1.807) is 0 Å². The summed E-state index contributed by atoms with van der Waals surface area (Å²) in [6.07, 6.45) is 12.2. The van der Waals surface area contributed by atoms with Gasteiger partial charge >= 0.3 is 0 Å². The molecule has 1 spiro atoms. The summed E-state index contributed by atoms with van der Waals surface area (Å²) in [5.41, 5.74) is 3.02. The number of nitrogens with zero attached hydrogens (tertiary/aromatic N) is 5. The van der Waals surface area contributed by atoms with Crippen LogP contribution in [0.2, 0.25) is 0 Å². The number of imidazole rings is 1. The first-order valence-electron chi connectivity index (χ1n) is 9.19. The molecule has 1 aliphatic carbocycles. The topological polar surface area (TPSA) is 46.8 Å². The molecule has 5 nitrogen and oxygen atoms in total. The van der Waals surface area contributed by atoms with Gasteiger partial charge in [0.25, 0.3) is 0 Å². The summed E-state index contributed by atoms with van der Waals surface area (Å²) >= 11 is 0. The maximum Gasteiger partial charge on any atom is 0.125 e. The van der Waals surface area contributed by atoms with Gasteiger partial charge in [0.1, 0.15) is 11.6 Å². The Morgan fingerprint density at radius 3 is 2.92 bits per heavy atom. The third-order valence-electron chi connectivity index (χ3n) is 5.81. The third kappa shape index (κ3) is 2.86. The Kier molecular flexibility index (Phi) is 4.12. The van der Waals surface area contributed by atoms with Gasteiger partial charge in [-0.15, -0.1) is 0 Å². The Balaban J connectivity index is 1.42. The van der Waals surface area contributed by atoms with E-state index in [-0.39, 0.29) is 5.41 Å². The summed E-state index contributed by atoms with van der Waals surface area (Å²) in [7, 11) is 0. The van der Waals surface area contributed by atoms with E-state index in [0.717, 1.165) is 24.6 Å². The zero-order valence-electron chi connectivity index (χ0n) is 14.8. The monoisotopic (exact) mass is 325 g/mol. The summed E-state index contributed by atoms with van der Waals surface area (Å²) in [6, 6.07) is 0. The van der Waals surface area contributed by atoms with Gasteiger partial charge in [0, 0.05) is 37.1 Å². The van der Waals surface area contributed by atoms with Crippen LogP contribution in [-0.4, -0.2) is 44.1 Å². The van der Waals surface area contributed by atoms with E-state index in [9.17, 15) is 0 Å². The number of likely N-dealkylation sites (tertiary alicyclic amines) is 1. The van der Waals surface area contributed by atoms with Crippen LogP contribution in [0.1, 0.15) is 48.6 Å². The Morgan fingerprint density at radius 1 is 1.17 bits per heavy atom. The van der Waals surface area contributed by atoms with Gasteiger partial charge in [-0.25, -0.2) is 15.0 Å². The van der Waals surface area contributed by atoms with Crippen molar-refractivity contribution in [2.45, 2.75) is 57.9 Å². The minimum Gasteiger partial charge on any atom is -0.335 e. The summed E-state index contributed by atoms with van der Waals surface area (Å²) < 4.78 is 2.25. The van der Waals surface area contributed by atoms with Crippen molar-refractivity contribution < 1.29 is 0 Å². The lowest BCUT2D eigenvalue weighted by Crippen LogP contribution is -2.45. The van der Waals surface area contributed by atoms with Crippen LogP contribution in [0.15, 0.2) is 18.6 Å². The molecule has 0 N–H and O–H groups in total. The van der Waals surface area contributed by atoms with Gasteiger partial charge in [-0.1, -0.05) is 0 Å². The molecule has 3 heterocycles. The highest BCUT2D eigenvalue weighted by Crippen LogP contribution is 2.43. The van der Waals surface area contributed by atoms with Crippen molar-refractivity contribution in [2.24, 2.45) is 0 Å². The molecule has 0 amide bonds. The summed E-state index contributed by atoms with van der Waals surface area (Å²) in [6.45, 7) is 8.71. The summed E-state index contributed by atoms with van der Waals surface area (Å²) in [4.78, 5) is 16.2. The number of fused-ring (bicyclic) bond motifs is 2. The van der Waals surface area contributed by atoms with Crippen LogP contribution in [0, 0.1) is 13.8 Å². The maximum absolute atomic E-state index is 4.85. The minimum absolute atomic E-state index is 0.284. The lowest BCUT2D eigenvalue weighted by molar-refractivity contribution is 0.140. The van der Waals surface area contributed by atoms with Crippen LogP contribution in [0.4, 0.5) is 0 Å². The molecule has 24 heavy (non-hydrogen) atoms. The lowest BCUT2D eigenvalue weighted by Gasteiger charge is -2.40. The van der Waals surface area contributed by atoms with Crippen LogP contribution >= 0.6 is 0 Å². The quantitative estimate of drug-likeness (QED) is 0.867. The second-order valence-corrected chi connectivity index (χ2v) is 7.47. The average Bonchev–Trinajstić information content (AvgIpc) is 3.13. The van der Waals surface area contributed by atoms with Gasteiger partial charge in [0.15, 0.2) is 0 Å². The van der Waals surface area contributed by atoms with Gasteiger partial charge in [-0.05, 0) is 64.6 Å². The standard InChI is InChI=1S/C19H27N5/c1-15-21-13-17-5-7-19(18(17)22-15)6-3-9-23(14-19)10-4-11-24-12-8-20-16(24)2/h8,12-13H,3-7,9-11,14H2,1-2H3. The van der Waals surface area contributed by atoms with E-state index in [1.807, 2.05) is 13.1 Å². The predicted molar refractivity (Wildman–Crippen MR) is 94.0 cm³/mol. The summed E-state index contributed by atoms with van der Waals surface area (Å²) in [5, 5.41) is 0. The molecule has 0 saturated carbocycles. The zero-order chi connectivity index (χ0) is 16.6. The van der Waals surface area contributed by atoms with Crippen LogP contribution in [-0.2, 0) is 18.4 Å². The largest absolute Gasteiger partial charge is 0.335 e. The number of rotatable bonds is 4. The Morgan fingerprint density at radius 2 is 2.08 bits per heavy atom. The molecule has 0 radical (unpaired) electrons. The molecule has 2 aromatic heterocycles. The molecule has 1 aliphatic heterocycles. The highest BCUT2D eigenvalue weighted by atomic mass is 15.1. The highest BCUT2D eigenvalue weighted by Gasteiger charge is 2.43. The highest BCUT2D eigenvalue weighted by molar-refractivity contribution is 5.33. The molecule has 2 aliphatic rings. The molecule has 4 rings (SSSR count).